The Morgan fingerprint density at radius 2 is 1.26 bits per heavy atom. The van der Waals surface area contributed by atoms with Crippen LogP contribution in [0.5, 0.6) is 0 Å². The van der Waals surface area contributed by atoms with Gasteiger partial charge in [-0.25, -0.2) is 0 Å². The van der Waals surface area contributed by atoms with Crippen LogP contribution in [0.4, 0.5) is 0 Å². The van der Waals surface area contributed by atoms with Crippen LogP contribution in [-0.4, -0.2) is 24.9 Å². The van der Waals surface area contributed by atoms with E-state index in [1.165, 1.54) is 0 Å². The van der Waals surface area contributed by atoms with E-state index in [4.69, 9.17) is 0 Å². The van der Waals surface area contributed by atoms with Gasteiger partial charge in [-0.3, -0.25) is 9.59 Å². The quantitative estimate of drug-likeness (QED) is 0.658. The van der Waals surface area contributed by atoms with Gasteiger partial charge in [0, 0.05) is 24.2 Å². The van der Waals surface area contributed by atoms with Gasteiger partial charge >= 0.3 is 0 Å². The van der Waals surface area contributed by atoms with Gasteiger partial charge in [-0.2, -0.15) is 0 Å². The molecule has 0 bridgehead atoms. The summed E-state index contributed by atoms with van der Waals surface area (Å²) in [5.41, 5.74) is 4.44. The number of carbonyl (C=O) groups excluding carboxylic acids is 2. The van der Waals surface area contributed by atoms with E-state index in [9.17, 15) is 9.59 Å². The molecule has 4 nitrogen and oxygen atoms in total. The molecule has 3 aromatic rings. The molecule has 0 aliphatic rings. The number of amides is 2. The highest BCUT2D eigenvalue weighted by molar-refractivity contribution is 5.95. The zero-order chi connectivity index (χ0) is 19.1. The molecule has 2 N–H and O–H groups in total. The topological polar surface area (TPSA) is 58.2 Å². The Hall–Kier alpha value is -3.40. The van der Waals surface area contributed by atoms with E-state index in [2.05, 4.69) is 10.6 Å². The Kier molecular flexibility index (Phi) is 6.00. The Balaban J connectivity index is 1.47. The van der Waals surface area contributed by atoms with Crippen LogP contribution in [0, 0.1) is 6.92 Å². The maximum absolute atomic E-state index is 12.2. The summed E-state index contributed by atoms with van der Waals surface area (Å²) in [5.74, 6) is -0.292. The summed E-state index contributed by atoms with van der Waals surface area (Å²) in [6.45, 7) is 2.69. The molecule has 0 saturated carbocycles. The maximum Gasteiger partial charge on any atom is 0.251 e. The lowest BCUT2D eigenvalue weighted by molar-refractivity contribution is 0.0927. The van der Waals surface area contributed by atoms with Crippen LogP contribution in [0.1, 0.15) is 26.3 Å². The lowest BCUT2D eigenvalue weighted by Gasteiger charge is -2.08. The van der Waals surface area contributed by atoms with Crippen LogP contribution < -0.4 is 10.6 Å². The number of nitrogens with one attached hydrogen (secondary N) is 2. The van der Waals surface area contributed by atoms with Gasteiger partial charge in [0.1, 0.15) is 0 Å². The van der Waals surface area contributed by atoms with Gasteiger partial charge in [0.15, 0.2) is 0 Å². The standard InChI is InChI=1S/C23H22N2O2/c1-17-6-5-9-21(16-17)23(27)25-15-14-24-22(26)20-12-10-19(11-13-20)18-7-3-2-4-8-18/h2-13,16H,14-15H2,1H3,(H,24,26)(H,25,27). The highest BCUT2D eigenvalue weighted by Gasteiger charge is 2.07. The van der Waals surface area contributed by atoms with Gasteiger partial charge in [0.25, 0.3) is 11.8 Å². The first-order valence-electron chi connectivity index (χ1n) is 8.92. The molecule has 3 rings (SSSR count). The average molecular weight is 358 g/mol. The summed E-state index contributed by atoms with van der Waals surface area (Å²) in [7, 11) is 0. The number of rotatable bonds is 6. The molecule has 0 aliphatic carbocycles. The molecular weight excluding hydrogens is 336 g/mol. The third-order valence-corrected chi connectivity index (χ3v) is 4.23. The van der Waals surface area contributed by atoms with Crippen LogP contribution in [-0.2, 0) is 0 Å². The zero-order valence-electron chi connectivity index (χ0n) is 15.2. The third kappa shape index (κ3) is 5.05. The molecular formula is C23H22N2O2. The normalized spacial score (nSPS) is 10.3. The van der Waals surface area contributed by atoms with Crippen molar-refractivity contribution in [3.05, 3.63) is 95.6 Å². The van der Waals surface area contributed by atoms with Crippen molar-refractivity contribution in [1.29, 1.82) is 0 Å². The summed E-state index contributed by atoms with van der Waals surface area (Å²) >= 11 is 0. The Bertz CT molecular complexity index is 919. The first kappa shape index (κ1) is 18.4. The largest absolute Gasteiger partial charge is 0.350 e. The van der Waals surface area contributed by atoms with Crippen molar-refractivity contribution in [2.45, 2.75) is 6.92 Å². The highest BCUT2D eigenvalue weighted by atomic mass is 16.2. The van der Waals surface area contributed by atoms with Crippen LogP contribution in [0.2, 0.25) is 0 Å². The molecule has 2 amide bonds. The fourth-order valence-corrected chi connectivity index (χ4v) is 2.79. The molecule has 0 spiro atoms. The molecule has 0 unspecified atom stereocenters. The fourth-order valence-electron chi connectivity index (χ4n) is 2.79. The first-order chi connectivity index (χ1) is 13.1. The summed E-state index contributed by atoms with van der Waals surface area (Å²) in [6.07, 6.45) is 0. The van der Waals surface area contributed by atoms with Gasteiger partial charge in [0.2, 0.25) is 0 Å². The first-order valence-corrected chi connectivity index (χ1v) is 8.92. The third-order valence-electron chi connectivity index (χ3n) is 4.23. The fraction of sp³-hybridized carbons (Fsp3) is 0.130. The number of carbonyl (C=O) groups is 2. The number of hydrogen-bond donors (Lipinski definition) is 2. The van der Waals surface area contributed by atoms with Gasteiger partial charge in [-0.15, -0.1) is 0 Å². The minimum Gasteiger partial charge on any atom is -0.350 e. The zero-order valence-corrected chi connectivity index (χ0v) is 15.2. The number of aryl methyl sites for hydroxylation is 1. The summed E-state index contributed by atoms with van der Waals surface area (Å²) < 4.78 is 0. The van der Waals surface area contributed by atoms with E-state index >= 15 is 0 Å². The van der Waals surface area contributed by atoms with E-state index in [1.807, 2.05) is 79.7 Å². The Labute approximate surface area is 159 Å². The maximum atomic E-state index is 12.2. The van der Waals surface area contributed by atoms with Crippen molar-refractivity contribution in [3.8, 4) is 11.1 Å². The van der Waals surface area contributed by atoms with E-state index in [0.29, 0.717) is 24.2 Å². The molecule has 0 atom stereocenters. The molecule has 0 heterocycles. The van der Waals surface area contributed by atoms with Gasteiger partial charge in [-0.1, -0.05) is 60.2 Å². The van der Waals surface area contributed by atoms with Gasteiger partial charge in [-0.05, 0) is 42.3 Å². The lowest BCUT2D eigenvalue weighted by atomic mass is 10.0. The van der Waals surface area contributed by atoms with Crippen LogP contribution in [0.15, 0.2) is 78.9 Å². The second-order valence-electron chi connectivity index (χ2n) is 6.32. The monoisotopic (exact) mass is 358 g/mol. The highest BCUT2D eigenvalue weighted by Crippen LogP contribution is 2.19. The van der Waals surface area contributed by atoms with E-state index in [1.54, 1.807) is 6.07 Å². The number of hydrogen-bond acceptors (Lipinski definition) is 2. The molecule has 0 aromatic heterocycles. The minimum absolute atomic E-state index is 0.139. The Morgan fingerprint density at radius 3 is 1.89 bits per heavy atom. The molecule has 27 heavy (non-hydrogen) atoms. The summed E-state index contributed by atoms with van der Waals surface area (Å²) in [6, 6.07) is 24.9. The second kappa shape index (κ2) is 8.81. The molecule has 0 radical (unpaired) electrons. The summed E-state index contributed by atoms with van der Waals surface area (Å²) in [5, 5.41) is 5.63. The van der Waals surface area contributed by atoms with Gasteiger partial charge in [0.05, 0.1) is 0 Å². The smallest absolute Gasteiger partial charge is 0.251 e. The van der Waals surface area contributed by atoms with Crippen molar-refractivity contribution in [1.82, 2.24) is 10.6 Å². The van der Waals surface area contributed by atoms with Crippen LogP contribution in [0.3, 0.4) is 0 Å². The van der Waals surface area contributed by atoms with Crippen LogP contribution in [0.25, 0.3) is 11.1 Å². The van der Waals surface area contributed by atoms with Crippen molar-refractivity contribution in [3.63, 3.8) is 0 Å². The summed E-state index contributed by atoms with van der Waals surface area (Å²) in [4.78, 5) is 24.3. The Morgan fingerprint density at radius 1 is 0.667 bits per heavy atom. The van der Waals surface area contributed by atoms with Crippen molar-refractivity contribution in [2.75, 3.05) is 13.1 Å². The van der Waals surface area contributed by atoms with E-state index in [-0.39, 0.29) is 11.8 Å². The predicted molar refractivity (Wildman–Crippen MR) is 108 cm³/mol. The molecule has 0 fully saturated rings. The minimum atomic E-state index is -0.153. The average Bonchev–Trinajstić information content (AvgIpc) is 2.71. The molecule has 3 aromatic carbocycles. The predicted octanol–water partition coefficient (Wildman–Crippen LogP) is 3.82. The van der Waals surface area contributed by atoms with E-state index in [0.717, 1.165) is 16.7 Å². The van der Waals surface area contributed by atoms with E-state index < -0.39 is 0 Å². The number of benzene rings is 3. The van der Waals surface area contributed by atoms with Crippen molar-refractivity contribution < 1.29 is 9.59 Å². The van der Waals surface area contributed by atoms with Crippen LogP contribution >= 0.6 is 0 Å². The second-order valence-corrected chi connectivity index (χ2v) is 6.32. The molecule has 4 heteroatoms. The molecule has 0 saturated heterocycles. The van der Waals surface area contributed by atoms with Gasteiger partial charge < -0.3 is 10.6 Å². The lowest BCUT2D eigenvalue weighted by Crippen LogP contribution is -2.34. The van der Waals surface area contributed by atoms with Crippen molar-refractivity contribution in [2.24, 2.45) is 0 Å². The molecule has 136 valence electrons. The van der Waals surface area contributed by atoms with Crippen molar-refractivity contribution >= 4 is 11.8 Å². The molecule has 0 aliphatic heterocycles. The SMILES string of the molecule is Cc1cccc(C(=O)NCCNC(=O)c2ccc(-c3ccccc3)cc2)c1.